The van der Waals surface area contributed by atoms with Crippen LogP contribution in [0.3, 0.4) is 0 Å². The molecule has 0 N–H and O–H groups in total. The molecule has 1 aliphatic carbocycles. The van der Waals surface area contributed by atoms with Gasteiger partial charge in [0.1, 0.15) is 0 Å². The molecular weight excluding hydrogens is 456 g/mol. The van der Waals surface area contributed by atoms with Gasteiger partial charge in [0.15, 0.2) is 5.78 Å². The molecule has 1 saturated heterocycles. The van der Waals surface area contributed by atoms with Crippen molar-refractivity contribution in [1.82, 2.24) is 9.88 Å². The molecule has 2 heterocycles. The number of fused-ring (bicyclic) bond motifs is 1. The van der Waals surface area contributed by atoms with E-state index in [1.807, 2.05) is 44.3 Å². The summed E-state index contributed by atoms with van der Waals surface area (Å²) in [4.78, 5) is 18.6. The molecule has 4 heteroatoms. The van der Waals surface area contributed by atoms with Gasteiger partial charge in [-0.2, -0.15) is 0 Å². The van der Waals surface area contributed by atoms with E-state index < -0.39 is 0 Å². The fourth-order valence-electron chi connectivity index (χ4n) is 4.86. The van der Waals surface area contributed by atoms with Gasteiger partial charge in [0.05, 0.1) is 13.2 Å². The Morgan fingerprint density at radius 1 is 1.05 bits per heavy atom. The lowest BCUT2D eigenvalue weighted by atomic mass is 9.84. The highest BCUT2D eigenvalue weighted by Crippen LogP contribution is 2.31. The van der Waals surface area contributed by atoms with Crippen LogP contribution in [-0.4, -0.2) is 48.5 Å². The van der Waals surface area contributed by atoms with Crippen LogP contribution in [0.4, 0.5) is 0 Å². The number of carbonyl (C=O) groups is 1. The van der Waals surface area contributed by atoms with Crippen LogP contribution in [0.2, 0.25) is 0 Å². The summed E-state index contributed by atoms with van der Waals surface area (Å²) in [7, 11) is 0. The molecule has 1 unspecified atom stereocenters. The molecular formula is C33H42N2O2. The maximum Gasteiger partial charge on any atom is 0.163 e. The number of aryl methyl sites for hydroxylation is 1. The Kier molecular flexibility index (Phi) is 9.58. The lowest BCUT2D eigenvalue weighted by Gasteiger charge is -2.26. The summed E-state index contributed by atoms with van der Waals surface area (Å²) in [6, 6.07) is 20.8. The van der Waals surface area contributed by atoms with Crippen LogP contribution >= 0.6 is 0 Å². The molecule has 0 amide bonds. The van der Waals surface area contributed by atoms with Gasteiger partial charge in [-0.05, 0) is 78.8 Å². The number of nitrogens with zero attached hydrogens (tertiary/aromatic N) is 2. The first-order valence-electron chi connectivity index (χ1n) is 13.3. The minimum Gasteiger partial charge on any atom is -0.379 e. The summed E-state index contributed by atoms with van der Waals surface area (Å²) in [6.45, 7) is 12.9. The third kappa shape index (κ3) is 7.34. The Morgan fingerprint density at radius 2 is 1.86 bits per heavy atom. The molecule has 5 rings (SSSR count). The van der Waals surface area contributed by atoms with Gasteiger partial charge in [-0.25, -0.2) is 0 Å². The molecule has 1 aromatic heterocycles. The number of hydrogen-bond acceptors (Lipinski definition) is 4. The minimum atomic E-state index is 0. The van der Waals surface area contributed by atoms with Crippen LogP contribution in [-0.2, 0) is 16.0 Å². The van der Waals surface area contributed by atoms with E-state index in [-0.39, 0.29) is 14.6 Å². The van der Waals surface area contributed by atoms with Crippen molar-refractivity contribution < 1.29 is 12.4 Å². The van der Waals surface area contributed by atoms with E-state index in [9.17, 15) is 4.79 Å². The van der Waals surface area contributed by atoms with Crippen molar-refractivity contribution in [2.45, 2.75) is 39.0 Å². The topological polar surface area (TPSA) is 42.4 Å². The highest BCUT2D eigenvalue weighted by atomic mass is 16.5. The molecule has 2 aliphatic rings. The number of unbranched alkanes of at least 4 members (excludes halogenated alkanes) is 1. The number of benzene rings is 2. The molecule has 196 valence electrons. The Bertz CT molecular complexity index is 1230. The maximum absolute atomic E-state index is 11.5. The average Bonchev–Trinajstić information content (AvgIpc) is 2.95. The molecule has 0 spiro atoms. The highest BCUT2D eigenvalue weighted by molar-refractivity contribution is 6.04. The van der Waals surface area contributed by atoms with Gasteiger partial charge in [0.2, 0.25) is 0 Å². The number of morpholine rings is 1. The first kappa shape index (κ1) is 26.7. The summed E-state index contributed by atoms with van der Waals surface area (Å²) in [5, 5.41) is 0. The van der Waals surface area contributed by atoms with Crippen LogP contribution in [0.5, 0.6) is 0 Å². The summed E-state index contributed by atoms with van der Waals surface area (Å²) in [5.74, 6) is 0.246. The van der Waals surface area contributed by atoms with Crippen molar-refractivity contribution in [3.8, 4) is 11.1 Å². The van der Waals surface area contributed by atoms with E-state index in [0.29, 0.717) is 0 Å². The molecule has 0 radical (unpaired) electrons. The molecule has 2 aromatic carbocycles. The van der Waals surface area contributed by atoms with E-state index in [1.54, 1.807) is 6.08 Å². The van der Waals surface area contributed by atoms with Crippen molar-refractivity contribution in [3.63, 3.8) is 0 Å². The summed E-state index contributed by atoms with van der Waals surface area (Å²) >= 11 is 0. The van der Waals surface area contributed by atoms with E-state index in [1.165, 1.54) is 36.2 Å². The first-order chi connectivity index (χ1) is 18.0. The van der Waals surface area contributed by atoms with Crippen molar-refractivity contribution in [2.75, 3.05) is 32.8 Å². The van der Waals surface area contributed by atoms with Gasteiger partial charge < -0.3 is 4.74 Å². The zero-order valence-corrected chi connectivity index (χ0v) is 22.2. The number of pyridine rings is 1. The molecule has 0 bridgehead atoms. The summed E-state index contributed by atoms with van der Waals surface area (Å²) in [5.41, 5.74) is 8.13. The Balaban J connectivity index is 0.000000303. The van der Waals surface area contributed by atoms with Crippen LogP contribution < -0.4 is 0 Å². The Hall–Kier alpha value is -3.34. The molecule has 1 aliphatic heterocycles. The van der Waals surface area contributed by atoms with Crippen molar-refractivity contribution in [1.29, 1.82) is 0 Å². The van der Waals surface area contributed by atoms with E-state index >= 15 is 0 Å². The van der Waals surface area contributed by atoms with Gasteiger partial charge in [0, 0.05) is 39.3 Å². The second kappa shape index (κ2) is 13.3. The number of allylic oxidation sites excluding steroid dienone is 2. The maximum atomic E-state index is 11.5. The average molecular weight is 499 g/mol. The second-order valence-electron chi connectivity index (χ2n) is 9.82. The van der Waals surface area contributed by atoms with Crippen LogP contribution in [0, 0.1) is 0 Å². The van der Waals surface area contributed by atoms with E-state index in [0.717, 1.165) is 55.0 Å². The Morgan fingerprint density at radius 3 is 2.62 bits per heavy atom. The number of aromatic nitrogens is 1. The predicted molar refractivity (Wildman–Crippen MR) is 158 cm³/mol. The van der Waals surface area contributed by atoms with Gasteiger partial charge in [-0.3, -0.25) is 14.7 Å². The van der Waals surface area contributed by atoms with Gasteiger partial charge in [0.25, 0.3) is 0 Å². The van der Waals surface area contributed by atoms with Gasteiger partial charge in [-0.15, -0.1) is 0 Å². The van der Waals surface area contributed by atoms with Crippen LogP contribution in [0.15, 0.2) is 79.5 Å². The first-order valence-corrected chi connectivity index (χ1v) is 13.3. The number of ketones is 1. The lowest BCUT2D eigenvalue weighted by molar-refractivity contribution is -0.115. The molecule has 0 saturated carbocycles. The predicted octanol–water partition coefficient (Wildman–Crippen LogP) is 7.31. The molecule has 1 atom stereocenters. The van der Waals surface area contributed by atoms with Crippen LogP contribution in [0.25, 0.3) is 22.8 Å². The monoisotopic (exact) mass is 498 g/mol. The normalized spacial score (nSPS) is 17.3. The smallest absolute Gasteiger partial charge is 0.163 e. The number of hydrogen-bond donors (Lipinski definition) is 0. The van der Waals surface area contributed by atoms with Crippen LogP contribution in [0.1, 0.15) is 57.8 Å². The molecule has 1 fully saturated rings. The van der Waals surface area contributed by atoms with Crippen molar-refractivity contribution >= 4 is 17.4 Å². The fourth-order valence-corrected chi connectivity index (χ4v) is 4.86. The number of rotatable bonds is 7. The fraction of sp³-hybridized carbons (Fsp3) is 0.333. The quantitative estimate of drug-likeness (QED) is 0.320. The van der Waals surface area contributed by atoms with E-state index in [4.69, 9.17) is 4.74 Å². The van der Waals surface area contributed by atoms with Gasteiger partial charge in [-0.1, -0.05) is 68.1 Å². The van der Waals surface area contributed by atoms with Gasteiger partial charge >= 0.3 is 0 Å². The van der Waals surface area contributed by atoms with Crippen molar-refractivity contribution in [3.05, 3.63) is 102 Å². The number of ether oxygens (including phenoxy) is 1. The molecule has 37 heavy (non-hydrogen) atoms. The zero-order valence-electron chi connectivity index (χ0n) is 22.2. The minimum absolute atomic E-state index is 0. The second-order valence-corrected chi connectivity index (χ2v) is 9.82. The lowest BCUT2D eigenvalue weighted by Crippen LogP contribution is -2.36. The van der Waals surface area contributed by atoms with E-state index in [2.05, 4.69) is 58.9 Å². The highest BCUT2D eigenvalue weighted by Gasteiger charge is 2.21. The SMILES string of the molecule is C=Cc1cccc(-c2ccc(CCCCN3CCOCC3)nc2)c1.CC1=CC(=O)C(C)c2ccccc21.[HH].[HH]. The number of carbonyl (C=O) groups excluding carboxylic acids is 1. The standard InChI is InChI=1S/C21H26N2O.C12H12O.2H2/c1-2-18-6-5-7-19(16-18)20-9-10-21(22-17-20)8-3-4-11-23-12-14-24-15-13-23;1-8-7-12(13)9(2)11-6-4-3-5-10(8)11;;/h2,5-7,9-10,16-17H,1,3-4,8,11-15H2;3-7,9H,1-2H3;2*1H. The summed E-state index contributed by atoms with van der Waals surface area (Å²) in [6.07, 6.45) is 9.07. The van der Waals surface area contributed by atoms with Crippen molar-refractivity contribution in [2.24, 2.45) is 0 Å². The summed E-state index contributed by atoms with van der Waals surface area (Å²) < 4.78 is 5.38. The zero-order chi connectivity index (χ0) is 26.0. The molecule has 3 aromatic rings. The third-order valence-electron chi connectivity index (χ3n) is 7.18. The third-order valence-corrected chi connectivity index (χ3v) is 7.18. The largest absolute Gasteiger partial charge is 0.379 e. The molecule has 4 nitrogen and oxygen atoms in total. The Labute approximate surface area is 224 Å².